The van der Waals surface area contributed by atoms with E-state index < -0.39 is 0 Å². The fourth-order valence-electron chi connectivity index (χ4n) is 10.4. The van der Waals surface area contributed by atoms with Gasteiger partial charge in [0.1, 0.15) is 0 Å². The van der Waals surface area contributed by atoms with Crippen LogP contribution in [0, 0.1) is 0 Å². The number of para-hydroxylation sites is 2. The van der Waals surface area contributed by atoms with E-state index in [1.165, 1.54) is 110 Å². The molecule has 0 atom stereocenters. The molecule has 286 valence electrons. The van der Waals surface area contributed by atoms with Crippen molar-refractivity contribution >= 4 is 65.8 Å². The van der Waals surface area contributed by atoms with Crippen LogP contribution in [0.2, 0.25) is 0 Å². The highest BCUT2D eigenvalue weighted by Gasteiger charge is 2.24. The Morgan fingerprint density at radius 2 is 0.867 bits per heavy atom. The normalized spacial score (nSPS) is 13.9. The van der Waals surface area contributed by atoms with Crippen molar-refractivity contribution < 1.29 is 0 Å². The molecule has 0 saturated heterocycles. The Hall–Kier alpha value is -7.16. The lowest BCUT2D eigenvalue weighted by Gasteiger charge is -2.32. The van der Waals surface area contributed by atoms with E-state index in [2.05, 4.69) is 204 Å². The number of hydrogen-bond acceptors (Lipinski definition) is 2. The van der Waals surface area contributed by atoms with Crippen LogP contribution in [0.3, 0.4) is 0 Å². The van der Waals surface area contributed by atoms with Crippen molar-refractivity contribution in [2.45, 2.75) is 25.7 Å². The highest BCUT2D eigenvalue weighted by molar-refractivity contribution is 6.24. The number of fused-ring (bicyclic) bond motifs is 6. The van der Waals surface area contributed by atoms with E-state index in [0.717, 1.165) is 38.8 Å². The standard InChI is InChI=1S/C58H44N2/c1-2-13-39(14-3-1)43-25-26-45-36-46(28-27-44(45)35-43)57-51-31-29-48(60-34-12-20-42-17-6-9-24-56(42)60)38-54(51)58(50-22-10-18-40-15-4-7-21-49(40)50)52-32-30-47(37-53(52)57)59-33-11-19-41-16-5-8-23-55(41)59/h1-10,13-18,21-32,35-38H,11-12,19-20,33-34H2. The van der Waals surface area contributed by atoms with Crippen LogP contribution in [-0.2, 0) is 12.8 Å². The number of nitrogens with zero attached hydrogens (tertiary/aromatic N) is 2. The average molecular weight is 769 g/mol. The second kappa shape index (κ2) is 14.3. The van der Waals surface area contributed by atoms with Gasteiger partial charge in [-0.25, -0.2) is 0 Å². The van der Waals surface area contributed by atoms with Gasteiger partial charge in [-0.15, -0.1) is 0 Å². The van der Waals surface area contributed by atoms with Gasteiger partial charge in [-0.05, 0) is 162 Å². The summed E-state index contributed by atoms with van der Waals surface area (Å²) in [7, 11) is 0. The maximum absolute atomic E-state index is 2.55. The minimum atomic E-state index is 1.00. The fourth-order valence-corrected chi connectivity index (χ4v) is 10.4. The fraction of sp³-hybridized carbons (Fsp3) is 0.103. The molecular formula is C58H44N2. The zero-order chi connectivity index (χ0) is 39.6. The number of anilines is 4. The van der Waals surface area contributed by atoms with Crippen LogP contribution in [0.15, 0.2) is 194 Å². The molecule has 0 unspecified atom stereocenters. The summed E-state index contributed by atoms with van der Waals surface area (Å²) in [6.07, 6.45) is 4.52. The Labute approximate surface area is 351 Å². The van der Waals surface area contributed by atoms with E-state index in [9.17, 15) is 0 Å². The lowest BCUT2D eigenvalue weighted by molar-refractivity contribution is 0.767. The lowest BCUT2D eigenvalue weighted by atomic mass is 9.83. The zero-order valence-electron chi connectivity index (χ0n) is 33.6. The van der Waals surface area contributed by atoms with E-state index in [1.54, 1.807) is 0 Å². The predicted molar refractivity (Wildman–Crippen MR) is 256 cm³/mol. The highest BCUT2D eigenvalue weighted by Crippen LogP contribution is 2.49. The van der Waals surface area contributed by atoms with E-state index in [0.29, 0.717) is 0 Å². The first-order chi connectivity index (χ1) is 29.7. The summed E-state index contributed by atoms with van der Waals surface area (Å²) >= 11 is 0. The molecule has 2 heteroatoms. The predicted octanol–water partition coefficient (Wildman–Crippen LogP) is 15.5. The van der Waals surface area contributed by atoms with Crippen molar-refractivity contribution in [3.05, 3.63) is 205 Å². The third-order valence-corrected chi connectivity index (χ3v) is 13.2. The number of benzene rings is 10. The molecule has 0 bridgehead atoms. The van der Waals surface area contributed by atoms with Crippen LogP contribution in [-0.4, -0.2) is 13.1 Å². The van der Waals surface area contributed by atoms with Crippen molar-refractivity contribution in [2.24, 2.45) is 0 Å². The Balaban J connectivity index is 1.16. The zero-order valence-corrected chi connectivity index (χ0v) is 33.6. The van der Waals surface area contributed by atoms with Gasteiger partial charge in [0.05, 0.1) is 0 Å². The van der Waals surface area contributed by atoms with Gasteiger partial charge in [-0.3, -0.25) is 0 Å². The van der Waals surface area contributed by atoms with Crippen molar-refractivity contribution in [1.29, 1.82) is 0 Å². The molecule has 0 spiro atoms. The minimum absolute atomic E-state index is 1.00. The van der Waals surface area contributed by atoms with E-state index >= 15 is 0 Å². The molecular weight excluding hydrogens is 725 g/mol. The molecule has 0 fully saturated rings. The van der Waals surface area contributed by atoms with Gasteiger partial charge in [0.25, 0.3) is 0 Å². The number of rotatable bonds is 5. The molecule has 10 aromatic rings. The number of hydrogen-bond donors (Lipinski definition) is 0. The lowest BCUT2D eigenvalue weighted by Crippen LogP contribution is -2.24. The van der Waals surface area contributed by atoms with Gasteiger partial charge in [-0.1, -0.05) is 146 Å². The largest absolute Gasteiger partial charge is 0.341 e. The molecule has 2 aliphatic heterocycles. The van der Waals surface area contributed by atoms with Crippen LogP contribution in [0.5, 0.6) is 0 Å². The molecule has 12 rings (SSSR count). The Morgan fingerprint density at radius 3 is 1.57 bits per heavy atom. The second-order valence-corrected chi connectivity index (χ2v) is 16.6. The highest BCUT2D eigenvalue weighted by atomic mass is 15.1. The van der Waals surface area contributed by atoms with Gasteiger partial charge in [0.2, 0.25) is 0 Å². The van der Waals surface area contributed by atoms with Crippen LogP contribution >= 0.6 is 0 Å². The molecule has 0 saturated carbocycles. The van der Waals surface area contributed by atoms with Crippen molar-refractivity contribution in [2.75, 3.05) is 22.9 Å². The van der Waals surface area contributed by atoms with E-state index in [1.807, 2.05) is 0 Å². The van der Waals surface area contributed by atoms with E-state index in [4.69, 9.17) is 0 Å². The number of aryl methyl sites for hydroxylation is 2. The Bertz CT molecular complexity index is 3280. The average Bonchev–Trinajstić information content (AvgIpc) is 3.32. The SMILES string of the molecule is c1ccc(-c2ccc3cc(-c4c5cc(N6CCCc7ccccc76)ccc5c(-c5cccc6ccccc56)c5cc(N6CCCc7ccccc76)ccc45)ccc3c2)cc1. The summed E-state index contributed by atoms with van der Waals surface area (Å²) in [6, 6.07) is 73.0. The van der Waals surface area contributed by atoms with Gasteiger partial charge < -0.3 is 9.80 Å². The molecule has 10 aromatic carbocycles. The molecule has 0 amide bonds. The maximum Gasteiger partial charge on any atom is 0.0443 e. The summed E-state index contributed by atoms with van der Waals surface area (Å²) in [5, 5.41) is 10.1. The third kappa shape index (κ3) is 5.78. The molecule has 0 radical (unpaired) electrons. The summed E-state index contributed by atoms with van der Waals surface area (Å²) in [4.78, 5) is 5.10. The van der Waals surface area contributed by atoms with Crippen molar-refractivity contribution in [1.82, 2.24) is 0 Å². The van der Waals surface area contributed by atoms with Crippen molar-refractivity contribution in [3.63, 3.8) is 0 Å². The summed E-state index contributed by atoms with van der Waals surface area (Å²) in [5.41, 5.74) is 15.6. The van der Waals surface area contributed by atoms with Crippen molar-refractivity contribution in [3.8, 4) is 33.4 Å². The minimum Gasteiger partial charge on any atom is -0.341 e. The Morgan fingerprint density at radius 1 is 0.317 bits per heavy atom. The monoisotopic (exact) mass is 768 g/mol. The molecule has 2 heterocycles. The van der Waals surface area contributed by atoms with Crippen LogP contribution in [0.1, 0.15) is 24.0 Å². The molecule has 2 aliphatic rings. The quantitative estimate of drug-likeness (QED) is 0.161. The molecule has 0 aromatic heterocycles. The summed E-state index contributed by atoms with van der Waals surface area (Å²) in [6.45, 7) is 2.00. The molecule has 60 heavy (non-hydrogen) atoms. The summed E-state index contributed by atoms with van der Waals surface area (Å²) < 4.78 is 0. The molecule has 2 nitrogen and oxygen atoms in total. The van der Waals surface area contributed by atoms with E-state index in [-0.39, 0.29) is 0 Å². The first kappa shape index (κ1) is 34.8. The summed E-state index contributed by atoms with van der Waals surface area (Å²) in [5.74, 6) is 0. The van der Waals surface area contributed by atoms with Crippen LogP contribution < -0.4 is 9.80 Å². The first-order valence-corrected chi connectivity index (χ1v) is 21.6. The first-order valence-electron chi connectivity index (χ1n) is 21.6. The molecule has 0 aliphatic carbocycles. The topological polar surface area (TPSA) is 6.48 Å². The van der Waals surface area contributed by atoms with Gasteiger partial charge in [0.15, 0.2) is 0 Å². The Kier molecular flexibility index (Phi) is 8.30. The van der Waals surface area contributed by atoms with Gasteiger partial charge in [0, 0.05) is 35.8 Å². The second-order valence-electron chi connectivity index (χ2n) is 16.6. The molecule has 0 N–H and O–H groups in total. The van der Waals surface area contributed by atoms with Crippen LogP contribution in [0.25, 0.3) is 76.5 Å². The van der Waals surface area contributed by atoms with Gasteiger partial charge >= 0.3 is 0 Å². The maximum atomic E-state index is 2.55. The van der Waals surface area contributed by atoms with Gasteiger partial charge in [-0.2, -0.15) is 0 Å². The van der Waals surface area contributed by atoms with Crippen LogP contribution in [0.4, 0.5) is 22.7 Å². The third-order valence-electron chi connectivity index (χ3n) is 13.2. The smallest absolute Gasteiger partial charge is 0.0443 e.